The second-order valence-electron chi connectivity index (χ2n) is 6.17. The van der Waals surface area contributed by atoms with E-state index in [4.69, 9.17) is 15.2 Å². The molecule has 1 rings (SSSR count). The summed E-state index contributed by atoms with van der Waals surface area (Å²) in [4.78, 5) is 2.46. The summed E-state index contributed by atoms with van der Waals surface area (Å²) in [5, 5.41) is 0. The normalized spacial score (nSPS) is 27.9. The molecule has 2 N–H and O–H groups in total. The lowest BCUT2D eigenvalue weighted by Crippen LogP contribution is -2.47. The topological polar surface area (TPSA) is 47.7 Å². The number of nitrogens with two attached hydrogens (primary N) is 1. The summed E-state index contributed by atoms with van der Waals surface area (Å²) >= 11 is 0. The van der Waals surface area contributed by atoms with Gasteiger partial charge < -0.3 is 15.2 Å². The lowest BCUT2D eigenvalue weighted by molar-refractivity contribution is 0.0536. The number of methoxy groups -OCH3 is 2. The van der Waals surface area contributed by atoms with Crippen LogP contribution >= 0.6 is 0 Å². The van der Waals surface area contributed by atoms with Gasteiger partial charge in [-0.1, -0.05) is 19.8 Å². The largest absolute Gasteiger partial charge is 0.383 e. The Morgan fingerprint density at radius 3 is 2.32 bits per heavy atom. The van der Waals surface area contributed by atoms with Crippen LogP contribution in [0.25, 0.3) is 0 Å². The van der Waals surface area contributed by atoms with E-state index < -0.39 is 0 Å². The fourth-order valence-corrected chi connectivity index (χ4v) is 3.35. The Labute approximate surface area is 118 Å². The van der Waals surface area contributed by atoms with Gasteiger partial charge in [0.2, 0.25) is 0 Å². The minimum absolute atomic E-state index is 0.305. The number of ether oxygens (including phenoxy) is 2. The van der Waals surface area contributed by atoms with E-state index in [1.807, 2.05) is 0 Å². The molecule has 1 saturated carbocycles. The lowest BCUT2D eigenvalue weighted by atomic mass is 9.69. The summed E-state index contributed by atoms with van der Waals surface area (Å²) in [5.41, 5.74) is 6.42. The highest BCUT2D eigenvalue weighted by Crippen LogP contribution is 2.39. The van der Waals surface area contributed by atoms with Gasteiger partial charge in [0.25, 0.3) is 0 Å². The molecule has 0 heterocycles. The number of nitrogens with zero attached hydrogens (tertiary/aromatic N) is 1. The predicted octanol–water partition coefficient (Wildman–Crippen LogP) is 1.74. The first kappa shape index (κ1) is 16.9. The smallest absolute Gasteiger partial charge is 0.0589 e. The number of rotatable bonds is 9. The molecule has 114 valence electrons. The fraction of sp³-hybridized carbons (Fsp3) is 1.00. The van der Waals surface area contributed by atoms with E-state index in [9.17, 15) is 0 Å². The zero-order valence-corrected chi connectivity index (χ0v) is 13.0. The molecular formula is C15H32N2O2. The molecule has 0 spiro atoms. The maximum Gasteiger partial charge on any atom is 0.0589 e. The van der Waals surface area contributed by atoms with E-state index >= 15 is 0 Å². The SMILES string of the molecule is COCCN(CCOC)CC1(CN)CCCC(C)C1. The molecule has 4 heteroatoms. The minimum atomic E-state index is 0.305. The third kappa shape index (κ3) is 5.78. The van der Waals surface area contributed by atoms with Gasteiger partial charge in [-0.25, -0.2) is 0 Å². The summed E-state index contributed by atoms with van der Waals surface area (Å²) in [7, 11) is 3.52. The second kappa shape index (κ2) is 8.90. The van der Waals surface area contributed by atoms with Crippen molar-refractivity contribution in [2.24, 2.45) is 17.1 Å². The first-order valence-electron chi connectivity index (χ1n) is 7.56. The van der Waals surface area contributed by atoms with E-state index in [2.05, 4.69) is 11.8 Å². The van der Waals surface area contributed by atoms with Gasteiger partial charge in [0.15, 0.2) is 0 Å². The summed E-state index contributed by atoms with van der Waals surface area (Å²) in [6, 6.07) is 0. The van der Waals surface area contributed by atoms with Crippen LogP contribution in [-0.2, 0) is 9.47 Å². The van der Waals surface area contributed by atoms with Gasteiger partial charge in [0.05, 0.1) is 13.2 Å². The van der Waals surface area contributed by atoms with E-state index in [1.54, 1.807) is 14.2 Å². The Morgan fingerprint density at radius 1 is 1.21 bits per heavy atom. The molecule has 19 heavy (non-hydrogen) atoms. The van der Waals surface area contributed by atoms with Crippen LogP contribution in [0.1, 0.15) is 32.6 Å². The van der Waals surface area contributed by atoms with Gasteiger partial charge in [-0.05, 0) is 30.7 Å². The molecule has 0 aromatic rings. The maximum atomic E-state index is 6.12. The zero-order chi connectivity index (χ0) is 14.1. The molecule has 0 amide bonds. The van der Waals surface area contributed by atoms with Gasteiger partial charge in [-0.2, -0.15) is 0 Å². The van der Waals surface area contributed by atoms with Gasteiger partial charge >= 0.3 is 0 Å². The van der Waals surface area contributed by atoms with E-state index in [0.29, 0.717) is 5.41 Å². The maximum absolute atomic E-state index is 6.12. The molecule has 2 unspecified atom stereocenters. The van der Waals surface area contributed by atoms with Gasteiger partial charge in [-0.3, -0.25) is 4.90 Å². The van der Waals surface area contributed by atoms with E-state index in [0.717, 1.165) is 45.3 Å². The van der Waals surface area contributed by atoms with Crippen molar-refractivity contribution in [3.05, 3.63) is 0 Å². The van der Waals surface area contributed by atoms with Crippen LogP contribution in [-0.4, -0.2) is 58.5 Å². The first-order valence-corrected chi connectivity index (χ1v) is 7.56. The Morgan fingerprint density at radius 2 is 1.84 bits per heavy atom. The standard InChI is InChI=1S/C15H32N2O2/c1-14-5-4-6-15(11-14,12-16)13-17(7-9-18-2)8-10-19-3/h14H,4-13,16H2,1-3H3. The number of hydrogen-bond donors (Lipinski definition) is 1. The van der Waals surface area contributed by atoms with E-state index in [-0.39, 0.29) is 0 Å². The van der Waals surface area contributed by atoms with Crippen LogP contribution in [0.2, 0.25) is 0 Å². The van der Waals surface area contributed by atoms with E-state index in [1.165, 1.54) is 25.7 Å². The van der Waals surface area contributed by atoms with Crippen molar-refractivity contribution in [1.82, 2.24) is 4.90 Å². The molecule has 4 nitrogen and oxygen atoms in total. The summed E-state index contributed by atoms with van der Waals surface area (Å²) in [6.07, 6.45) is 5.21. The molecule has 1 aliphatic carbocycles. The Bertz CT molecular complexity index is 230. The van der Waals surface area contributed by atoms with Crippen molar-refractivity contribution in [1.29, 1.82) is 0 Å². The average molecular weight is 272 g/mol. The van der Waals surface area contributed by atoms with Gasteiger partial charge in [0.1, 0.15) is 0 Å². The van der Waals surface area contributed by atoms with Gasteiger partial charge in [-0.15, -0.1) is 0 Å². The van der Waals surface area contributed by atoms with Crippen molar-refractivity contribution in [3.63, 3.8) is 0 Å². The van der Waals surface area contributed by atoms with Crippen LogP contribution in [0.3, 0.4) is 0 Å². The quantitative estimate of drug-likeness (QED) is 0.694. The van der Waals surface area contributed by atoms with Crippen molar-refractivity contribution in [2.45, 2.75) is 32.6 Å². The predicted molar refractivity (Wildman–Crippen MR) is 79.3 cm³/mol. The highest BCUT2D eigenvalue weighted by atomic mass is 16.5. The molecule has 0 radical (unpaired) electrons. The highest BCUT2D eigenvalue weighted by molar-refractivity contribution is 4.89. The molecule has 0 aliphatic heterocycles. The Hall–Kier alpha value is -0.160. The molecule has 2 atom stereocenters. The van der Waals surface area contributed by atoms with Crippen molar-refractivity contribution >= 4 is 0 Å². The molecule has 1 aliphatic rings. The van der Waals surface area contributed by atoms with Crippen molar-refractivity contribution in [2.75, 3.05) is 53.6 Å². The fourth-order valence-electron chi connectivity index (χ4n) is 3.35. The third-order valence-electron chi connectivity index (χ3n) is 4.40. The van der Waals surface area contributed by atoms with Crippen LogP contribution < -0.4 is 5.73 Å². The molecule has 1 fully saturated rings. The lowest BCUT2D eigenvalue weighted by Gasteiger charge is -2.42. The minimum Gasteiger partial charge on any atom is -0.383 e. The zero-order valence-electron chi connectivity index (χ0n) is 13.0. The monoisotopic (exact) mass is 272 g/mol. The molecular weight excluding hydrogens is 240 g/mol. The van der Waals surface area contributed by atoms with Crippen molar-refractivity contribution in [3.8, 4) is 0 Å². The molecule has 0 bridgehead atoms. The highest BCUT2D eigenvalue weighted by Gasteiger charge is 2.35. The van der Waals surface area contributed by atoms with Crippen molar-refractivity contribution < 1.29 is 9.47 Å². The molecule has 0 aromatic heterocycles. The first-order chi connectivity index (χ1) is 9.15. The van der Waals surface area contributed by atoms with Crippen LogP contribution in [0.4, 0.5) is 0 Å². The van der Waals surface area contributed by atoms with Crippen LogP contribution in [0.5, 0.6) is 0 Å². The third-order valence-corrected chi connectivity index (χ3v) is 4.40. The second-order valence-corrected chi connectivity index (χ2v) is 6.17. The Kier molecular flexibility index (Phi) is 7.91. The number of hydrogen-bond acceptors (Lipinski definition) is 4. The summed E-state index contributed by atoms with van der Waals surface area (Å²) in [5.74, 6) is 0.809. The van der Waals surface area contributed by atoms with Crippen LogP contribution in [0.15, 0.2) is 0 Å². The van der Waals surface area contributed by atoms with Crippen LogP contribution in [0, 0.1) is 11.3 Å². The van der Waals surface area contributed by atoms with Gasteiger partial charge in [0, 0.05) is 33.9 Å². The Balaban J connectivity index is 2.56. The summed E-state index contributed by atoms with van der Waals surface area (Å²) in [6.45, 7) is 7.73. The molecule has 0 saturated heterocycles. The summed E-state index contributed by atoms with van der Waals surface area (Å²) < 4.78 is 10.4. The molecule has 0 aromatic carbocycles. The average Bonchev–Trinajstić information content (AvgIpc) is 2.42.